The molecular formula is C17H15ClF3N2O7PS. The van der Waals surface area contributed by atoms with Crippen LogP contribution in [0.15, 0.2) is 40.1 Å². The lowest BCUT2D eigenvalue weighted by molar-refractivity contribution is -0.183. The molecule has 2 aliphatic rings. The van der Waals surface area contributed by atoms with Gasteiger partial charge in [-0.2, -0.15) is 0 Å². The number of aliphatic hydroxyl groups excluding tert-OH is 1. The molecule has 1 aromatic carbocycles. The van der Waals surface area contributed by atoms with Gasteiger partial charge in [-0.25, -0.2) is 18.0 Å². The molecule has 2 N–H and O–H groups in total. The number of alkyl halides is 3. The predicted molar refractivity (Wildman–Crippen MR) is 108 cm³/mol. The normalized spacial score (nSPS) is 32.0. The van der Waals surface area contributed by atoms with Crippen molar-refractivity contribution >= 4 is 30.1 Å². The van der Waals surface area contributed by atoms with Crippen molar-refractivity contribution < 1.29 is 36.6 Å². The molecule has 2 aliphatic heterocycles. The van der Waals surface area contributed by atoms with Crippen LogP contribution < -0.4 is 15.8 Å². The fourth-order valence-corrected chi connectivity index (χ4v) is 5.23. The molecule has 5 atom stereocenters. The van der Waals surface area contributed by atoms with Crippen LogP contribution in [0.1, 0.15) is 11.8 Å². The number of hydrogen-bond acceptors (Lipinski definition) is 8. The molecule has 2 aromatic rings. The first-order valence-electron chi connectivity index (χ1n) is 9.02. The van der Waals surface area contributed by atoms with Crippen LogP contribution >= 0.6 is 18.3 Å². The number of halogens is 4. The minimum atomic E-state index is -3.61. The highest BCUT2D eigenvalue weighted by atomic mass is 35.5. The molecule has 32 heavy (non-hydrogen) atoms. The number of rotatable bonds is 5. The summed E-state index contributed by atoms with van der Waals surface area (Å²) in [6.45, 7) is -4.76. The summed E-state index contributed by atoms with van der Waals surface area (Å²) in [5.74, 6) is 0.338. The Morgan fingerprint density at radius 3 is 2.84 bits per heavy atom. The highest BCUT2D eigenvalue weighted by molar-refractivity contribution is 8.07. The molecule has 174 valence electrons. The number of nitrogens with zero attached hydrogens (tertiary/aromatic N) is 1. The number of para-hydroxylation sites is 1. The summed E-state index contributed by atoms with van der Waals surface area (Å²) in [5, 5.41) is 9.75. The van der Waals surface area contributed by atoms with Crippen molar-refractivity contribution in [3.63, 3.8) is 0 Å². The number of aromatic amines is 1. The number of fused-ring (bicyclic) bond motifs is 1. The minimum absolute atomic E-state index is 0.00837. The molecule has 15 heteroatoms. The van der Waals surface area contributed by atoms with Crippen molar-refractivity contribution in [2.75, 3.05) is 6.61 Å². The molecule has 4 rings (SSSR count). The van der Waals surface area contributed by atoms with Crippen molar-refractivity contribution in [2.24, 2.45) is 0 Å². The molecule has 9 nitrogen and oxygen atoms in total. The Morgan fingerprint density at radius 2 is 2.12 bits per heavy atom. The van der Waals surface area contributed by atoms with Gasteiger partial charge in [0, 0.05) is 23.6 Å². The van der Waals surface area contributed by atoms with E-state index in [0.29, 0.717) is 15.9 Å². The van der Waals surface area contributed by atoms with Gasteiger partial charge in [0.25, 0.3) is 12.0 Å². The predicted octanol–water partition coefficient (Wildman–Crippen LogP) is 2.27. The van der Waals surface area contributed by atoms with Crippen molar-refractivity contribution in [3.8, 4) is 5.75 Å². The molecule has 0 aliphatic carbocycles. The highest BCUT2D eigenvalue weighted by Crippen LogP contribution is 2.56. The van der Waals surface area contributed by atoms with E-state index in [0.717, 1.165) is 6.20 Å². The quantitative estimate of drug-likeness (QED) is 0.585. The molecule has 0 saturated carbocycles. The second kappa shape index (κ2) is 8.56. The maximum atomic E-state index is 15.0. The number of aliphatic hydroxyl groups is 1. The zero-order chi connectivity index (χ0) is 23.3. The van der Waals surface area contributed by atoms with Crippen LogP contribution in [0.25, 0.3) is 0 Å². The average molecular weight is 515 g/mol. The number of hydrogen-bond donors (Lipinski definition) is 2. The fraction of sp³-hybridized carbons (Fsp3) is 0.412. The number of nitrogens with one attached hydrogen (secondary N) is 1. The summed E-state index contributed by atoms with van der Waals surface area (Å²) in [7, 11) is 0. The molecule has 0 amide bonds. The summed E-state index contributed by atoms with van der Waals surface area (Å²) in [5.41, 5.74) is -4.46. The number of ether oxygens (including phenoxy) is 1. The van der Waals surface area contributed by atoms with Crippen molar-refractivity contribution in [1.82, 2.24) is 9.55 Å². The first kappa shape index (κ1) is 23.4. The third-order valence-corrected chi connectivity index (χ3v) is 7.41. The van der Waals surface area contributed by atoms with E-state index >= 15 is 0 Å². The van der Waals surface area contributed by atoms with Gasteiger partial charge >= 0.3 is 12.4 Å². The molecule has 0 spiro atoms. The lowest BCUT2D eigenvalue weighted by Gasteiger charge is -2.33. The van der Waals surface area contributed by atoms with Gasteiger partial charge in [0.1, 0.15) is 16.9 Å². The van der Waals surface area contributed by atoms with Crippen LogP contribution in [-0.4, -0.2) is 45.6 Å². The van der Waals surface area contributed by atoms with E-state index in [1.807, 2.05) is 4.98 Å². The van der Waals surface area contributed by atoms with E-state index in [2.05, 4.69) is 0 Å². The van der Waals surface area contributed by atoms with Gasteiger partial charge in [0.15, 0.2) is 18.0 Å². The first-order chi connectivity index (χ1) is 15.1. The molecule has 3 heterocycles. The SMILES string of the molecule is O=c1[nH]c(=O)n(C2OC(COP3(=S)OCc4ccccc4O3)(C(F)F)C(F)C2O)cc1Cl. The molecule has 5 unspecified atom stereocenters. The van der Waals surface area contributed by atoms with Gasteiger partial charge in [-0.15, -0.1) is 0 Å². The summed E-state index contributed by atoms with van der Waals surface area (Å²) in [4.78, 5) is 25.3. The Balaban J connectivity index is 1.60. The second-order valence-corrected chi connectivity index (χ2v) is 10.3. The van der Waals surface area contributed by atoms with Crippen molar-refractivity contribution in [3.05, 3.63) is 61.9 Å². The van der Waals surface area contributed by atoms with Gasteiger partial charge < -0.3 is 14.4 Å². The maximum absolute atomic E-state index is 15.0. The Labute approximate surface area is 187 Å². The molecule has 1 saturated heterocycles. The smallest absolute Gasteiger partial charge is 0.381 e. The highest BCUT2D eigenvalue weighted by Gasteiger charge is 2.62. The summed E-state index contributed by atoms with van der Waals surface area (Å²) in [6, 6.07) is 6.69. The van der Waals surface area contributed by atoms with Gasteiger partial charge in [0.2, 0.25) is 0 Å². The Morgan fingerprint density at radius 1 is 1.41 bits per heavy atom. The average Bonchev–Trinajstić information content (AvgIpc) is 3.01. The largest absolute Gasteiger partial charge is 0.424 e. The number of H-pyrrole nitrogens is 1. The van der Waals surface area contributed by atoms with E-state index in [9.17, 15) is 27.9 Å². The monoisotopic (exact) mass is 514 g/mol. The molecule has 0 bridgehead atoms. The van der Waals surface area contributed by atoms with E-state index < -0.39 is 60.1 Å². The fourth-order valence-electron chi connectivity index (χ4n) is 3.26. The zero-order valence-electron chi connectivity index (χ0n) is 15.8. The van der Waals surface area contributed by atoms with E-state index in [1.54, 1.807) is 24.3 Å². The van der Waals surface area contributed by atoms with Crippen LogP contribution in [0.3, 0.4) is 0 Å². The maximum Gasteiger partial charge on any atom is 0.381 e. The van der Waals surface area contributed by atoms with Gasteiger partial charge in [0.05, 0.1) is 13.2 Å². The third-order valence-electron chi connectivity index (χ3n) is 4.98. The lowest BCUT2D eigenvalue weighted by Crippen LogP contribution is -2.50. The topological polar surface area (TPSA) is 112 Å². The summed E-state index contributed by atoms with van der Waals surface area (Å²) >= 11 is 10.8. The van der Waals surface area contributed by atoms with Crippen molar-refractivity contribution in [1.29, 1.82) is 0 Å². The minimum Gasteiger partial charge on any atom is -0.424 e. The number of aromatic nitrogens is 2. The van der Waals surface area contributed by atoms with Crippen LogP contribution in [0, 0.1) is 0 Å². The standard InChI is InChI=1S/C17H15ClF3N2O7PS/c18-9-5-23(16(26)22-13(9)25)14-11(24)12(19)17(29-14,15(20)21)7-28-31(32)27-6-8-3-1-2-4-10(8)30-31/h1-5,11-12,14-15,24H,6-7H2,(H,22,25,26). The molecule has 0 radical (unpaired) electrons. The van der Waals surface area contributed by atoms with Crippen LogP contribution in [0.2, 0.25) is 5.02 Å². The Bertz CT molecular complexity index is 1200. The van der Waals surface area contributed by atoms with E-state index in [1.165, 1.54) is 0 Å². The molecule has 1 aromatic heterocycles. The molecule has 1 fully saturated rings. The van der Waals surface area contributed by atoms with E-state index in [-0.39, 0.29) is 6.61 Å². The third kappa shape index (κ3) is 4.03. The Kier molecular flexibility index (Phi) is 6.27. The van der Waals surface area contributed by atoms with Crippen molar-refractivity contribution in [2.45, 2.75) is 37.1 Å². The lowest BCUT2D eigenvalue weighted by atomic mass is 9.98. The van der Waals surface area contributed by atoms with Crippen LogP contribution in [0.4, 0.5) is 13.2 Å². The van der Waals surface area contributed by atoms with E-state index in [4.69, 9.17) is 41.7 Å². The summed E-state index contributed by atoms with van der Waals surface area (Å²) < 4.78 is 64.9. The zero-order valence-corrected chi connectivity index (χ0v) is 18.3. The summed E-state index contributed by atoms with van der Waals surface area (Å²) in [6.07, 6.45) is -9.62. The second-order valence-electron chi connectivity index (χ2n) is 6.99. The van der Waals surface area contributed by atoms with Crippen LogP contribution in [0.5, 0.6) is 5.75 Å². The van der Waals surface area contributed by atoms with Crippen LogP contribution in [-0.2, 0) is 32.2 Å². The molecular weight excluding hydrogens is 500 g/mol. The van der Waals surface area contributed by atoms with Gasteiger partial charge in [-0.05, 0) is 6.07 Å². The van der Waals surface area contributed by atoms with Gasteiger partial charge in [-0.1, -0.05) is 29.8 Å². The Hall–Kier alpha value is -1.73. The number of benzene rings is 1. The van der Waals surface area contributed by atoms with Gasteiger partial charge in [-0.3, -0.25) is 23.4 Å². The first-order valence-corrected chi connectivity index (χ1v) is 12.0.